The third-order valence-electron chi connectivity index (χ3n) is 24.6. The van der Waals surface area contributed by atoms with Gasteiger partial charge < -0.3 is 18.9 Å². The van der Waals surface area contributed by atoms with E-state index in [0.29, 0.717) is 0 Å². The molecule has 4 nitrogen and oxygen atoms in total. The molecule has 5 heteroatoms. The van der Waals surface area contributed by atoms with Crippen molar-refractivity contribution in [2.24, 2.45) is 0 Å². The van der Waals surface area contributed by atoms with Gasteiger partial charge in [0.15, 0.2) is 0 Å². The van der Waals surface area contributed by atoms with Crippen LogP contribution in [0, 0.1) is 0 Å². The van der Waals surface area contributed by atoms with Gasteiger partial charge in [-0.25, -0.2) is 0 Å². The Balaban J connectivity index is 0.889. The number of benzene rings is 13. The zero-order valence-corrected chi connectivity index (χ0v) is 61.3. The first-order valence-corrected chi connectivity index (χ1v) is 37.4. The van der Waals surface area contributed by atoms with Gasteiger partial charge in [-0.3, -0.25) is 0 Å². The lowest BCUT2D eigenvalue weighted by Gasteiger charge is -2.44. The smallest absolute Gasteiger partial charge is 0.252 e. The molecule has 502 valence electrons. The summed E-state index contributed by atoms with van der Waals surface area (Å²) in [6.45, 7) is 26.3. The molecule has 15 aromatic rings. The Hall–Kier alpha value is -10.9. The molecule has 0 saturated carbocycles. The van der Waals surface area contributed by atoms with Crippen LogP contribution in [0.4, 0.5) is 34.1 Å². The van der Waals surface area contributed by atoms with E-state index in [1.165, 1.54) is 153 Å². The Bertz CT molecular complexity index is 5970. The highest BCUT2D eigenvalue weighted by atomic mass is 15.2. The second-order valence-corrected chi connectivity index (χ2v) is 33.8. The number of hydrogen-bond acceptors (Lipinski definition) is 2. The van der Waals surface area contributed by atoms with E-state index in [4.69, 9.17) is 0 Å². The molecule has 0 radical (unpaired) electrons. The summed E-state index contributed by atoms with van der Waals surface area (Å²) in [6.07, 6.45) is 4.71. The Labute approximate surface area is 607 Å². The fourth-order valence-corrected chi connectivity index (χ4v) is 18.5. The highest BCUT2D eigenvalue weighted by Gasteiger charge is 2.45. The van der Waals surface area contributed by atoms with Crippen molar-refractivity contribution in [1.29, 1.82) is 0 Å². The molecule has 19 rings (SSSR count). The quantitative estimate of drug-likeness (QED) is 0.141. The average Bonchev–Trinajstić information content (AvgIpc) is 1.32. The van der Waals surface area contributed by atoms with Crippen LogP contribution in [0.15, 0.2) is 279 Å². The van der Waals surface area contributed by atoms with Crippen LogP contribution in [0.1, 0.15) is 130 Å². The third kappa shape index (κ3) is 9.99. The summed E-state index contributed by atoms with van der Waals surface area (Å²) >= 11 is 0. The first-order valence-electron chi connectivity index (χ1n) is 37.4. The standard InChI is InChI=1S/C98H87BN4/c1-94(2,3)70-38-49-88-78(58-70)76-27-19-20-28-85(76)102(88)73-43-47-84-90(59-73)101(72-41-32-65(33-42-72)68-35-45-80-82(56-68)98(10,11)53-51-96(80,6)7)92-61-74(103-86-29-21-18-26-75(86)77-54-66(37-48-87(77)103)62-22-14-12-15-23-62)60-91-93(92)99(84)83-46-36-69(63-24-16-13-17-25-63)57-89(83)100(91)71-39-30-64(31-40-71)67-34-44-79-81(55-67)97(8,9)52-50-95(79,4)5/h12-49,54-61H,50-53H2,1-11H3. The van der Waals surface area contributed by atoms with Crippen molar-refractivity contribution < 1.29 is 0 Å². The average molecular weight is 1330 g/mol. The lowest BCUT2D eigenvalue weighted by Crippen LogP contribution is -2.61. The molecule has 0 amide bonds. The normalized spacial score (nSPS) is 16.0. The number of fused-ring (bicyclic) bond motifs is 12. The molecular formula is C98H87BN4. The van der Waals surface area contributed by atoms with Gasteiger partial charge >= 0.3 is 0 Å². The Morgan fingerprint density at radius 2 is 0.631 bits per heavy atom. The third-order valence-corrected chi connectivity index (χ3v) is 24.6. The van der Waals surface area contributed by atoms with Gasteiger partial charge in [-0.15, -0.1) is 0 Å². The lowest BCUT2D eigenvalue weighted by atomic mass is 9.33. The van der Waals surface area contributed by atoms with Gasteiger partial charge in [-0.2, -0.15) is 0 Å². The minimum absolute atomic E-state index is 0.0174. The van der Waals surface area contributed by atoms with E-state index >= 15 is 0 Å². The molecule has 2 aromatic heterocycles. The van der Waals surface area contributed by atoms with E-state index in [9.17, 15) is 0 Å². The van der Waals surface area contributed by atoms with Gasteiger partial charge in [-0.05, 0) is 232 Å². The van der Waals surface area contributed by atoms with Crippen LogP contribution in [-0.2, 0) is 27.1 Å². The maximum Gasteiger partial charge on any atom is 0.252 e. The molecular weight excluding hydrogens is 1240 g/mol. The molecule has 0 bridgehead atoms. The van der Waals surface area contributed by atoms with Crippen molar-refractivity contribution in [3.05, 3.63) is 307 Å². The largest absolute Gasteiger partial charge is 0.311 e. The van der Waals surface area contributed by atoms with Crippen LogP contribution < -0.4 is 26.2 Å². The molecule has 103 heavy (non-hydrogen) atoms. The van der Waals surface area contributed by atoms with Crippen molar-refractivity contribution in [3.8, 4) is 55.9 Å². The van der Waals surface area contributed by atoms with Gasteiger partial charge in [0, 0.05) is 61.4 Å². The molecule has 2 aliphatic carbocycles. The van der Waals surface area contributed by atoms with Gasteiger partial charge in [0.05, 0.1) is 27.8 Å². The number of rotatable bonds is 8. The maximum atomic E-state index is 2.64. The fourth-order valence-electron chi connectivity index (χ4n) is 18.5. The predicted molar refractivity (Wildman–Crippen MR) is 440 cm³/mol. The molecule has 13 aromatic carbocycles. The van der Waals surface area contributed by atoms with Gasteiger partial charge in [0.2, 0.25) is 0 Å². The van der Waals surface area contributed by atoms with E-state index in [2.05, 4.69) is 374 Å². The number of nitrogens with zero attached hydrogens (tertiary/aromatic N) is 4. The van der Waals surface area contributed by atoms with Crippen molar-refractivity contribution in [2.45, 2.75) is 129 Å². The Morgan fingerprint density at radius 1 is 0.272 bits per heavy atom. The number of para-hydroxylation sites is 2. The van der Waals surface area contributed by atoms with Gasteiger partial charge in [-0.1, -0.05) is 264 Å². The number of anilines is 6. The summed E-state index contributed by atoms with van der Waals surface area (Å²) in [5.41, 5.74) is 34.9. The second-order valence-electron chi connectivity index (χ2n) is 33.8. The SMILES string of the molecule is CC(C)(C)c1ccc2c(c1)c1ccccc1n2-c1ccc2c(c1)N(c1ccc(-c3ccc4c(c3)C(C)(C)CCC4(C)C)cc1)c1cc(-n3c4ccccc4c4cc(-c5ccccc5)ccc43)cc3c1B2c1ccc(-c2ccccc2)cc1N3c1ccc(-c2ccc3c(c2)C(C)(C)CCC3(C)C)cc1. The van der Waals surface area contributed by atoms with Crippen molar-refractivity contribution in [2.75, 3.05) is 9.80 Å². The molecule has 4 aliphatic rings. The Morgan fingerprint density at radius 3 is 1.15 bits per heavy atom. The molecule has 0 atom stereocenters. The number of aromatic nitrogens is 2. The molecule has 0 N–H and O–H groups in total. The van der Waals surface area contributed by atoms with Crippen molar-refractivity contribution in [3.63, 3.8) is 0 Å². The number of hydrogen-bond donors (Lipinski definition) is 0. The van der Waals surface area contributed by atoms with Gasteiger partial charge in [0.1, 0.15) is 0 Å². The van der Waals surface area contributed by atoms with Crippen molar-refractivity contribution in [1.82, 2.24) is 9.13 Å². The maximum absolute atomic E-state index is 2.64. The summed E-state index contributed by atoms with van der Waals surface area (Å²) in [5, 5.41) is 4.96. The van der Waals surface area contributed by atoms with E-state index < -0.39 is 0 Å². The molecule has 0 fully saturated rings. The highest BCUT2D eigenvalue weighted by Crippen LogP contribution is 2.52. The van der Waals surface area contributed by atoms with Crippen LogP contribution in [-0.4, -0.2) is 15.8 Å². The van der Waals surface area contributed by atoms with Crippen LogP contribution >= 0.6 is 0 Å². The summed E-state index contributed by atoms with van der Waals surface area (Å²) < 4.78 is 5.08. The predicted octanol–water partition coefficient (Wildman–Crippen LogP) is 24.6. The topological polar surface area (TPSA) is 16.3 Å². The van der Waals surface area contributed by atoms with E-state index in [-0.39, 0.29) is 33.8 Å². The van der Waals surface area contributed by atoms with Gasteiger partial charge in [0.25, 0.3) is 6.71 Å². The molecule has 2 aliphatic heterocycles. The highest BCUT2D eigenvalue weighted by molar-refractivity contribution is 7.00. The minimum Gasteiger partial charge on any atom is -0.311 e. The fraction of sp³-hybridized carbons (Fsp3) is 0.204. The van der Waals surface area contributed by atoms with Crippen LogP contribution in [0.2, 0.25) is 0 Å². The van der Waals surface area contributed by atoms with E-state index in [1.807, 2.05) is 0 Å². The Kier molecular flexibility index (Phi) is 14.0. The van der Waals surface area contributed by atoms with E-state index in [1.54, 1.807) is 0 Å². The van der Waals surface area contributed by atoms with Crippen LogP contribution in [0.25, 0.3) is 99.5 Å². The van der Waals surface area contributed by atoms with Crippen LogP contribution in [0.3, 0.4) is 0 Å². The summed E-state index contributed by atoms with van der Waals surface area (Å²) in [4.78, 5) is 5.25. The molecule has 0 unspecified atom stereocenters. The molecule has 0 saturated heterocycles. The summed E-state index contributed by atoms with van der Waals surface area (Å²) in [6, 6.07) is 108. The monoisotopic (exact) mass is 1330 g/mol. The minimum atomic E-state index is -0.153. The summed E-state index contributed by atoms with van der Waals surface area (Å²) in [7, 11) is 0. The first-order chi connectivity index (χ1) is 49.7. The molecule has 4 heterocycles. The van der Waals surface area contributed by atoms with Crippen LogP contribution in [0.5, 0.6) is 0 Å². The second kappa shape index (κ2) is 22.8. The summed E-state index contributed by atoms with van der Waals surface area (Å²) in [5.74, 6) is 0. The zero-order valence-electron chi connectivity index (χ0n) is 61.3. The lowest BCUT2D eigenvalue weighted by molar-refractivity contribution is 0.332. The van der Waals surface area contributed by atoms with Crippen molar-refractivity contribution >= 4 is 101 Å². The molecule has 0 spiro atoms. The van der Waals surface area contributed by atoms with E-state index in [0.717, 1.165) is 50.8 Å². The zero-order chi connectivity index (χ0) is 70.2. The first kappa shape index (κ1) is 63.1.